The van der Waals surface area contributed by atoms with Crippen molar-refractivity contribution in [3.05, 3.63) is 12.4 Å². The monoisotopic (exact) mass is 349 g/mol. The van der Waals surface area contributed by atoms with Gasteiger partial charge in [0.15, 0.2) is 0 Å². The highest BCUT2D eigenvalue weighted by Gasteiger charge is 2.53. The molecule has 0 N–H and O–H groups in total. The van der Waals surface area contributed by atoms with Gasteiger partial charge in [0.2, 0.25) is 5.91 Å². The molecule has 2 saturated heterocycles. The van der Waals surface area contributed by atoms with Crippen molar-refractivity contribution in [2.75, 3.05) is 70.9 Å². The normalized spacial score (nSPS) is 21.3. The van der Waals surface area contributed by atoms with Crippen molar-refractivity contribution in [3.8, 4) is 0 Å². The highest BCUT2D eigenvalue weighted by Crippen LogP contribution is 2.41. The maximum atomic E-state index is 11.6. The van der Waals surface area contributed by atoms with Gasteiger partial charge in [-0.3, -0.25) is 4.79 Å². The molecule has 0 aromatic carbocycles. The number of anilines is 2. The van der Waals surface area contributed by atoms with Crippen molar-refractivity contribution in [2.45, 2.75) is 12.0 Å². The summed E-state index contributed by atoms with van der Waals surface area (Å²) in [6.45, 7) is 3.02. The number of carbonyl (C=O) groups is 1. The van der Waals surface area contributed by atoms with Crippen molar-refractivity contribution < 1.29 is 14.3 Å². The number of likely N-dealkylation sites (N-methyl/N-ethyl adjacent to an activating group) is 1. The van der Waals surface area contributed by atoms with Gasteiger partial charge in [0.25, 0.3) is 0 Å². The zero-order valence-corrected chi connectivity index (χ0v) is 15.4. The van der Waals surface area contributed by atoms with Crippen LogP contribution < -0.4 is 9.80 Å². The van der Waals surface area contributed by atoms with Crippen LogP contribution >= 0.6 is 0 Å². The van der Waals surface area contributed by atoms with Crippen LogP contribution in [0.15, 0.2) is 12.4 Å². The maximum Gasteiger partial charge on any atom is 0.248 e. The molecular weight excluding hydrogens is 322 g/mol. The lowest BCUT2D eigenvalue weighted by atomic mass is 9.81. The van der Waals surface area contributed by atoms with Gasteiger partial charge < -0.3 is 24.2 Å². The number of rotatable bonds is 6. The molecule has 1 spiro atoms. The van der Waals surface area contributed by atoms with Gasteiger partial charge in [-0.15, -0.1) is 0 Å². The summed E-state index contributed by atoms with van der Waals surface area (Å²) in [6.07, 6.45) is 2.56. The van der Waals surface area contributed by atoms with Crippen LogP contribution in [0.4, 0.5) is 11.6 Å². The number of aromatic nitrogens is 2. The van der Waals surface area contributed by atoms with E-state index in [0.717, 1.165) is 37.8 Å². The molecule has 25 heavy (non-hydrogen) atoms. The molecule has 8 nitrogen and oxygen atoms in total. The van der Waals surface area contributed by atoms with Gasteiger partial charge in [-0.2, -0.15) is 0 Å². The minimum Gasteiger partial charge on any atom is -0.371 e. The standard InChI is InChI=1S/C17H27N5O3/c1-20(2)14-7-15(19-12-18-14)22-10-17(11-22)13(5-6-25-17)8-24-9-16(23)21(3)4/h7,12-13H,5-6,8-11H2,1-4H3/t13-/m1/s1. The third kappa shape index (κ3) is 3.69. The molecule has 1 amide bonds. The number of carbonyl (C=O) groups excluding carboxylic acids is 1. The highest BCUT2D eigenvalue weighted by molar-refractivity contribution is 5.76. The van der Waals surface area contributed by atoms with Crippen molar-refractivity contribution in [3.63, 3.8) is 0 Å². The van der Waals surface area contributed by atoms with Crippen LogP contribution in [0.1, 0.15) is 6.42 Å². The zero-order valence-electron chi connectivity index (χ0n) is 15.4. The second kappa shape index (κ2) is 7.13. The number of amides is 1. The molecule has 1 aromatic rings. The van der Waals surface area contributed by atoms with Gasteiger partial charge >= 0.3 is 0 Å². The molecule has 1 atom stereocenters. The Kier molecular flexibility index (Phi) is 5.10. The fourth-order valence-electron chi connectivity index (χ4n) is 3.30. The Morgan fingerprint density at radius 1 is 1.36 bits per heavy atom. The maximum absolute atomic E-state index is 11.6. The van der Waals surface area contributed by atoms with Crippen LogP contribution in [0.5, 0.6) is 0 Å². The predicted octanol–water partition coefficient (Wildman–Crippen LogP) is 0.243. The molecule has 2 aliphatic heterocycles. The average Bonchev–Trinajstić information content (AvgIpc) is 2.97. The van der Waals surface area contributed by atoms with E-state index in [2.05, 4.69) is 14.9 Å². The van der Waals surface area contributed by atoms with Gasteiger partial charge in [0, 0.05) is 46.8 Å². The lowest BCUT2D eigenvalue weighted by Gasteiger charge is -2.50. The Morgan fingerprint density at radius 2 is 2.12 bits per heavy atom. The molecule has 0 unspecified atom stereocenters. The van der Waals surface area contributed by atoms with Crippen molar-refractivity contribution in [1.82, 2.24) is 14.9 Å². The van der Waals surface area contributed by atoms with E-state index >= 15 is 0 Å². The summed E-state index contributed by atoms with van der Waals surface area (Å²) in [7, 11) is 7.40. The highest BCUT2D eigenvalue weighted by atomic mass is 16.5. The Bertz CT molecular complexity index is 616. The smallest absolute Gasteiger partial charge is 0.248 e. The summed E-state index contributed by atoms with van der Waals surface area (Å²) >= 11 is 0. The summed E-state index contributed by atoms with van der Waals surface area (Å²) in [6, 6.07) is 1.99. The predicted molar refractivity (Wildman–Crippen MR) is 94.9 cm³/mol. The minimum atomic E-state index is -0.176. The Hall–Kier alpha value is -1.93. The van der Waals surface area contributed by atoms with Gasteiger partial charge in [0.1, 0.15) is 30.2 Å². The summed E-state index contributed by atoms with van der Waals surface area (Å²) in [4.78, 5) is 26.0. The summed E-state index contributed by atoms with van der Waals surface area (Å²) in [5.74, 6) is 2.11. The van der Waals surface area contributed by atoms with E-state index in [1.165, 1.54) is 0 Å². The number of ether oxygens (including phenoxy) is 2. The molecule has 8 heteroatoms. The Balaban J connectivity index is 1.55. The quantitative estimate of drug-likeness (QED) is 0.729. The van der Waals surface area contributed by atoms with E-state index in [9.17, 15) is 4.79 Å². The molecule has 2 aliphatic rings. The van der Waals surface area contributed by atoms with Crippen molar-refractivity contribution >= 4 is 17.5 Å². The fourth-order valence-corrected chi connectivity index (χ4v) is 3.30. The minimum absolute atomic E-state index is 0.0135. The molecule has 0 aliphatic carbocycles. The van der Waals surface area contributed by atoms with Crippen LogP contribution in [-0.2, 0) is 14.3 Å². The zero-order chi connectivity index (χ0) is 18.0. The van der Waals surface area contributed by atoms with E-state index in [0.29, 0.717) is 12.5 Å². The molecule has 3 heterocycles. The van der Waals surface area contributed by atoms with Gasteiger partial charge in [-0.25, -0.2) is 9.97 Å². The second-order valence-electron chi connectivity index (χ2n) is 7.19. The Morgan fingerprint density at radius 3 is 2.80 bits per heavy atom. The van der Waals surface area contributed by atoms with Gasteiger partial charge in [-0.1, -0.05) is 0 Å². The Labute approximate surface area is 148 Å². The third-order valence-electron chi connectivity index (χ3n) is 4.98. The molecular formula is C17H27N5O3. The lowest BCUT2D eigenvalue weighted by Crippen LogP contribution is -2.65. The third-order valence-corrected chi connectivity index (χ3v) is 4.98. The van der Waals surface area contributed by atoms with Gasteiger partial charge in [-0.05, 0) is 6.42 Å². The first-order valence-corrected chi connectivity index (χ1v) is 8.57. The molecule has 2 fully saturated rings. The molecule has 3 rings (SSSR count). The molecule has 138 valence electrons. The first-order valence-electron chi connectivity index (χ1n) is 8.57. The summed E-state index contributed by atoms with van der Waals surface area (Å²) in [5.41, 5.74) is -0.176. The average molecular weight is 349 g/mol. The second-order valence-corrected chi connectivity index (χ2v) is 7.19. The van der Waals surface area contributed by atoms with Crippen molar-refractivity contribution in [2.24, 2.45) is 5.92 Å². The van der Waals surface area contributed by atoms with Gasteiger partial charge in [0.05, 0.1) is 19.7 Å². The first-order chi connectivity index (χ1) is 11.9. The molecule has 1 aromatic heterocycles. The van der Waals surface area contributed by atoms with Crippen molar-refractivity contribution in [1.29, 1.82) is 0 Å². The number of hydrogen-bond acceptors (Lipinski definition) is 7. The van der Waals surface area contributed by atoms with E-state index in [1.54, 1.807) is 25.3 Å². The summed E-state index contributed by atoms with van der Waals surface area (Å²) in [5, 5.41) is 0. The number of nitrogens with zero attached hydrogens (tertiary/aromatic N) is 5. The van der Waals surface area contributed by atoms with E-state index in [-0.39, 0.29) is 18.1 Å². The summed E-state index contributed by atoms with van der Waals surface area (Å²) < 4.78 is 11.7. The fraction of sp³-hybridized carbons (Fsp3) is 0.706. The SMILES string of the molecule is CN(C)C(=O)COC[C@H]1CCOC12CN(c1cc(N(C)C)ncn1)C2. The molecule has 0 bridgehead atoms. The van der Waals surface area contributed by atoms with Crippen LogP contribution in [0.2, 0.25) is 0 Å². The lowest BCUT2D eigenvalue weighted by molar-refractivity contribution is -0.135. The van der Waals surface area contributed by atoms with Crippen LogP contribution in [0, 0.1) is 5.92 Å². The van der Waals surface area contributed by atoms with Crippen LogP contribution in [0.3, 0.4) is 0 Å². The van der Waals surface area contributed by atoms with E-state index in [4.69, 9.17) is 9.47 Å². The van der Waals surface area contributed by atoms with E-state index in [1.807, 2.05) is 25.1 Å². The first kappa shape index (κ1) is 17.9. The topological polar surface area (TPSA) is 71.0 Å². The number of hydrogen-bond donors (Lipinski definition) is 0. The van der Waals surface area contributed by atoms with E-state index < -0.39 is 0 Å². The largest absolute Gasteiger partial charge is 0.371 e. The molecule has 0 saturated carbocycles. The van der Waals surface area contributed by atoms with Crippen LogP contribution in [0.25, 0.3) is 0 Å². The van der Waals surface area contributed by atoms with Crippen LogP contribution in [-0.4, -0.2) is 87.5 Å². The molecule has 0 radical (unpaired) electrons.